The largest absolute Gasteiger partial charge is 0.497 e. The van der Waals surface area contributed by atoms with Gasteiger partial charge in [-0.3, -0.25) is 0 Å². The van der Waals surface area contributed by atoms with E-state index in [0.717, 1.165) is 11.5 Å². The average Bonchev–Trinajstić information content (AvgIpc) is 2.54. The highest BCUT2D eigenvalue weighted by atomic mass is 33.2. The summed E-state index contributed by atoms with van der Waals surface area (Å²) in [5.41, 5.74) is 0. The maximum atomic E-state index is 5.24. The van der Waals surface area contributed by atoms with E-state index in [1.165, 1.54) is 9.79 Å². The topological polar surface area (TPSA) is 18.5 Å². The minimum atomic E-state index is -1.08. The van der Waals surface area contributed by atoms with Crippen molar-refractivity contribution < 1.29 is 9.47 Å². The summed E-state index contributed by atoms with van der Waals surface area (Å²) in [6.45, 7) is 0. The molecule has 0 heterocycles. The second kappa shape index (κ2) is 6.46. The van der Waals surface area contributed by atoms with E-state index in [2.05, 4.69) is 36.8 Å². The molecule has 20 heavy (non-hydrogen) atoms. The van der Waals surface area contributed by atoms with Crippen LogP contribution in [-0.2, 0) is 0 Å². The molecule has 2 aromatic rings. The molecule has 0 aliphatic heterocycles. The molecule has 0 unspecified atom stereocenters. The molecule has 0 fully saturated rings. The Kier molecular flexibility index (Phi) is 4.89. The molecule has 0 aliphatic carbocycles. The number of benzene rings is 2. The van der Waals surface area contributed by atoms with E-state index in [9.17, 15) is 0 Å². The fourth-order valence-corrected chi connectivity index (χ4v) is 5.79. The molecule has 0 bridgehead atoms. The van der Waals surface area contributed by atoms with Crippen LogP contribution in [0.15, 0.2) is 58.3 Å². The summed E-state index contributed by atoms with van der Waals surface area (Å²) >= 11 is 0. The smallest absolute Gasteiger partial charge is 0.118 e. The Hall–Kier alpha value is -1.26. The third-order valence-corrected chi connectivity index (χ3v) is 9.52. The number of rotatable bonds is 5. The highest BCUT2D eigenvalue weighted by Gasteiger charge is 2.22. The summed E-state index contributed by atoms with van der Waals surface area (Å²) in [4.78, 5) is 2.69. The van der Waals surface area contributed by atoms with Gasteiger partial charge in [-0.15, -0.1) is 19.9 Å². The van der Waals surface area contributed by atoms with E-state index in [4.69, 9.17) is 9.47 Å². The van der Waals surface area contributed by atoms with Crippen LogP contribution in [0.3, 0.4) is 0 Å². The van der Waals surface area contributed by atoms with Crippen molar-refractivity contribution in [3.05, 3.63) is 48.5 Å². The molecule has 2 aromatic carbocycles. The summed E-state index contributed by atoms with van der Waals surface area (Å²) in [5, 5.41) is 0. The Bertz CT molecular complexity index is 502. The Morgan fingerprint density at radius 1 is 0.750 bits per heavy atom. The molecule has 2 rings (SSSR count). The Morgan fingerprint density at radius 2 is 1.10 bits per heavy atom. The molecule has 0 spiro atoms. The van der Waals surface area contributed by atoms with Gasteiger partial charge in [-0.05, 0) is 61.0 Å². The van der Waals surface area contributed by atoms with Gasteiger partial charge in [-0.25, -0.2) is 0 Å². The molecule has 0 amide bonds. The first-order valence-corrected chi connectivity index (χ1v) is 10.0. The second-order valence-electron chi connectivity index (χ2n) is 4.36. The van der Waals surface area contributed by atoms with Gasteiger partial charge in [0.2, 0.25) is 0 Å². The predicted molar refractivity (Wildman–Crippen MR) is 89.6 cm³/mol. The molecule has 0 saturated carbocycles. The lowest BCUT2D eigenvalue weighted by Crippen LogP contribution is -1.96. The monoisotopic (exact) mass is 308 g/mol. The lowest BCUT2D eigenvalue weighted by Gasteiger charge is -2.34. The van der Waals surface area contributed by atoms with Gasteiger partial charge in [0.05, 0.1) is 14.2 Å². The summed E-state index contributed by atoms with van der Waals surface area (Å²) < 4.78 is 10.5. The first-order valence-electron chi connectivity index (χ1n) is 6.26. The summed E-state index contributed by atoms with van der Waals surface area (Å²) in [6.07, 6.45) is 4.49. The molecule has 0 N–H and O–H groups in total. The van der Waals surface area contributed by atoms with Crippen molar-refractivity contribution in [2.75, 3.05) is 26.7 Å². The van der Waals surface area contributed by atoms with Gasteiger partial charge >= 0.3 is 0 Å². The van der Waals surface area contributed by atoms with Crippen molar-refractivity contribution in [2.24, 2.45) is 0 Å². The molecule has 4 heteroatoms. The van der Waals surface area contributed by atoms with Crippen LogP contribution in [0.2, 0.25) is 0 Å². The fraction of sp³-hybridized carbons (Fsp3) is 0.250. The molecule has 0 aliphatic rings. The van der Waals surface area contributed by atoms with Gasteiger partial charge in [0.15, 0.2) is 0 Å². The highest BCUT2D eigenvalue weighted by molar-refractivity contribution is 8.93. The summed E-state index contributed by atoms with van der Waals surface area (Å²) in [6, 6.07) is 16.8. The van der Waals surface area contributed by atoms with Crippen LogP contribution in [0, 0.1) is 0 Å². The van der Waals surface area contributed by atoms with Crippen molar-refractivity contribution in [3.8, 4) is 11.5 Å². The predicted octanol–water partition coefficient (Wildman–Crippen LogP) is 4.83. The number of hydrogen-bond donors (Lipinski definition) is 0. The first-order chi connectivity index (χ1) is 9.63. The standard InChI is InChI=1S/C16H20O2S2/c1-17-13-5-9-15(10-6-13)20(4,19-3)16-11-7-14(18-2)8-12-16/h5-12H,1-4H3. The van der Waals surface area contributed by atoms with E-state index in [-0.39, 0.29) is 0 Å². The van der Waals surface area contributed by atoms with E-state index in [0.29, 0.717) is 0 Å². The van der Waals surface area contributed by atoms with Crippen molar-refractivity contribution in [2.45, 2.75) is 9.79 Å². The fourth-order valence-electron chi connectivity index (χ4n) is 2.00. The molecule has 0 radical (unpaired) electrons. The van der Waals surface area contributed by atoms with Crippen LogP contribution in [-0.4, -0.2) is 26.7 Å². The first kappa shape index (κ1) is 15.1. The van der Waals surface area contributed by atoms with Crippen LogP contribution < -0.4 is 9.47 Å². The summed E-state index contributed by atoms with van der Waals surface area (Å²) in [5.74, 6) is 1.79. The van der Waals surface area contributed by atoms with Crippen molar-refractivity contribution >= 4 is 19.9 Å². The van der Waals surface area contributed by atoms with Crippen LogP contribution >= 0.6 is 19.9 Å². The zero-order chi connectivity index (χ0) is 14.6. The van der Waals surface area contributed by atoms with Gasteiger partial charge in [0.1, 0.15) is 11.5 Å². The maximum absolute atomic E-state index is 5.24. The lowest BCUT2D eigenvalue weighted by atomic mass is 10.3. The van der Waals surface area contributed by atoms with Crippen LogP contribution in [0.1, 0.15) is 0 Å². The number of hydrogen-bond acceptors (Lipinski definition) is 3. The van der Waals surface area contributed by atoms with E-state index >= 15 is 0 Å². The highest BCUT2D eigenvalue weighted by Crippen LogP contribution is 2.68. The minimum absolute atomic E-state index is 0.895. The Balaban J connectivity index is 2.39. The minimum Gasteiger partial charge on any atom is -0.497 e. The Labute approximate surface area is 126 Å². The van der Waals surface area contributed by atoms with Crippen molar-refractivity contribution in [1.29, 1.82) is 0 Å². The van der Waals surface area contributed by atoms with Gasteiger partial charge in [-0.1, -0.05) is 0 Å². The molecular weight excluding hydrogens is 288 g/mol. The van der Waals surface area contributed by atoms with Gasteiger partial charge in [-0.2, -0.15) is 0 Å². The lowest BCUT2D eigenvalue weighted by molar-refractivity contribution is 0.414. The SMILES string of the molecule is COc1ccc(S(C)(SC)c2ccc(OC)cc2)cc1. The number of methoxy groups -OCH3 is 2. The average molecular weight is 308 g/mol. The van der Waals surface area contributed by atoms with Gasteiger partial charge in [0.25, 0.3) is 0 Å². The number of ether oxygens (including phenoxy) is 2. The van der Waals surface area contributed by atoms with E-state index in [1.54, 1.807) is 14.2 Å². The quantitative estimate of drug-likeness (QED) is 0.737. The zero-order valence-electron chi connectivity index (χ0n) is 12.3. The van der Waals surface area contributed by atoms with Gasteiger partial charge < -0.3 is 9.47 Å². The van der Waals surface area contributed by atoms with Crippen LogP contribution in [0.4, 0.5) is 0 Å². The van der Waals surface area contributed by atoms with Crippen LogP contribution in [0.25, 0.3) is 0 Å². The molecular formula is C16H20O2S2. The normalized spacial score (nSPS) is 12.0. The molecule has 0 aromatic heterocycles. The Morgan fingerprint density at radius 3 is 1.35 bits per heavy atom. The maximum Gasteiger partial charge on any atom is 0.118 e. The van der Waals surface area contributed by atoms with E-state index < -0.39 is 9.06 Å². The summed E-state index contributed by atoms with van der Waals surface area (Å²) in [7, 11) is 4.22. The van der Waals surface area contributed by atoms with Crippen molar-refractivity contribution in [1.82, 2.24) is 0 Å². The molecule has 108 valence electrons. The third-order valence-electron chi connectivity index (χ3n) is 3.35. The second-order valence-corrected chi connectivity index (χ2v) is 10.3. The van der Waals surface area contributed by atoms with Crippen molar-refractivity contribution in [3.63, 3.8) is 0 Å². The molecule has 0 atom stereocenters. The van der Waals surface area contributed by atoms with Crippen LogP contribution in [0.5, 0.6) is 11.5 Å². The van der Waals surface area contributed by atoms with E-state index in [1.807, 2.05) is 35.1 Å². The zero-order valence-corrected chi connectivity index (χ0v) is 13.9. The molecule has 0 saturated heterocycles. The molecule has 2 nitrogen and oxygen atoms in total. The third kappa shape index (κ3) is 2.91. The van der Waals surface area contributed by atoms with Gasteiger partial charge in [0, 0.05) is 9.79 Å².